The zero-order valence-electron chi connectivity index (χ0n) is 9.01. The first-order chi connectivity index (χ1) is 6.05. The van der Waals surface area contributed by atoms with Gasteiger partial charge in [-0.2, -0.15) is 5.26 Å². The van der Waals surface area contributed by atoms with Gasteiger partial charge in [-0.25, -0.2) is 0 Å². The Labute approximate surface area is 81.5 Å². The van der Waals surface area contributed by atoms with Gasteiger partial charge in [-0.15, -0.1) is 0 Å². The summed E-state index contributed by atoms with van der Waals surface area (Å²) in [5.41, 5.74) is -0.189. The van der Waals surface area contributed by atoms with Crippen molar-refractivity contribution in [3.8, 4) is 6.07 Å². The number of nitrogens with zero attached hydrogens (tertiary/aromatic N) is 2. The van der Waals surface area contributed by atoms with Crippen molar-refractivity contribution in [3.63, 3.8) is 0 Å². The standard InChI is InChI=1S/C11H20N2/c1-10-6-4-5-7-13(10)9-11(2,3)8-12/h10H,4-7,9H2,1-3H3. The summed E-state index contributed by atoms with van der Waals surface area (Å²) in [6.07, 6.45) is 3.94. The molecule has 0 spiro atoms. The Morgan fingerprint density at radius 3 is 2.69 bits per heavy atom. The van der Waals surface area contributed by atoms with Crippen LogP contribution in [0.1, 0.15) is 40.0 Å². The summed E-state index contributed by atoms with van der Waals surface area (Å²) >= 11 is 0. The Balaban J connectivity index is 2.48. The van der Waals surface area contributed by atoms with Gasteiger partial charge in [0.2, 0.25) is 0 Å². The second-order valence-electron chi connectivity index (χ2n) is 4.81. The highest BCUT2D eigenvalue weighted by molar-refractivity contribution is 4.95. The Morgan fingerprint density at radius 1 is 1.46 bits per heavy atom. The molecule has 1 aliphatic heterocycles. The van der Waals surface area contributed by atoms with E-state index >= 15 is 0 Å². The van der Waals surface area contributed by atoms with Crippen LogP contribution in [0.25, 0.3) is 0 Å². The van der Waals surface area contributed by atoms with Crippen LogP contribution in [0.15, 0.2) is 0 Å². The van der Waals surface area contributed by atoms with Crippen LogP contribution in [0.3, 0.4) is 0 Å². The van der Waals surface area contributed by atoms with Crippen molar-refractivity contribution in [2.75, 3.05) is 13.1 Å². The van der Waals surface area contributed by atoms with Crippen LogP contribution in [-0.2, 0) is 0 Å². The first-order valence-electron chi connectivity index (χ1n) is 5.20. The number of nitriles is 1. The predicted molar refractivity (Wildman–Crippen MR) is 54.3 cm³/mol. The molecule has 0 bridgehead atoms. The maximum atomic E-state index is 8.93. The Morgan fingerprint density at radius 2 is 2.15 bits per heavy atom. The summed E-state index contributed by atoms with van der Waals surface area (Å²) in [5, 5.41) is 8.93. The minimum absolute atomic E-state index is 0.189. The Hall–Kier alpha value is -0.550. The molecule has 13 heavy (non-hydrogen) atoms. The fraction of sp³-hybridized carbons (Fsp3) is 0.909. The molecule has 1 atom stereocenters. The maximum absolute atomic E-state index is 8.93. The van der Waals surface area contributed by atoms with E-state index in [1.54, 1.807) is 0 Å². The van der Waals surface area contributed by atoms with Gasteiger partial charge in [0.15, 0.2) is 0 Å². The van der Waals surface area contributed by atoms with E-state index in [1.165, 1.54) is 25.8 Å². The highest BCUT2D eigenvalue weighted by Gasteiger charge is 2.25. The lowest BCUT2D eigenvalue weighted by Gasteiger charge is -2.36. The minimum Gasteiger partial charge on any atom is -0.299 e. The van der Waals surface area contributed by atoms with E-state index in [-0.39, 0.29) is 5.41 Å². The molecule has 1 unspecified atom stereocenters. The molecule has 0 N–H and O–H groups in total. The van der Waals surface area contributed by atoms with Gasteiger partial charge in [0.05, 0.1) is 11.5 Å². The lowest BCUT2D eigenvalue weighted by atomic mass is 9.92. The van der Waals surface area contributed by atoms with E-state index in [2.05, 4.69) is 17.9 Å². The Bertz CT molecular complexity index is 203. The molecule has 0 aromatic heterocycles. The molecule has 0 aromatic carbocycles. The summed E-state index contributed by atoms with van der Waals surface area (Å²) in [7, 11) is 0. The molecule has 1 fully saturated rings. The number of hydrogen-bond donors (Lipinski definition) is 0. The summed E-state index contributed by atoms with van der Waals surface area (Å²) in [5.74, 6) is 0. The van der Waals surface area contributed by atoms with Crippen molar-refractivity contribution >= 4 is 0 Å². The van der Waals surface area contributed by atoms with Gasteiger partial charge in [-0.05, 0) is 40.2 Å². The number of hydrogen-bond acceptors (Lipinski definition) is 2. The molecule has 1 heterocycles. The number of piperidine rings is 1. The molecule has 0 radical (unpaired) electrons. The van der Waals surface area contributed by atoms with Crippen LogP contribution in [0.4, 0.5) is 0 Å². The van der Waals surface area contributed by atoms with Crippen molar-refractivity contribution in [3.05, 3.63) is 0 Å². The zero-order valence-corrected chi connectivity index (χ0v) is 9.01. The topological polar surface area (TPSA) is 27.0 Å². The lowest BCUT2D eigenvalue weighted by molar-refractivity contribution is 0.126. The second-order valence-corrected chi connectivity index (χ2v) is 4.81. The molecule has 74 valence electrons. The smallest absolute Gasteiger partial charge is 0.0697 e. The third-order valence-electron chi connectivity index (χ3n) is 2.84. The lowest BCUT2D eigenvalue weighted by Crippen LogP contribution is -2.42. The molecule has 1 saturated heterocycles. The van der Waals surface area contributed by atoms with Gasteiger partial charge < -0.3 is 0 Å². The van der Waals surface area contributed by atoms with Crippen LogP contribution in [0.5, 0.6) is 0 Å². The van der Waals surface area contributed by atoms with Gasteiger partial charge in [0, 0.05) is 12.6 Å². The average Bonchev–Trinajstić information content (AvgIpc) is 2.09. The molecule has 2 heteroatoms. The molecule has 0 aromatic rings. The van der Waals surface area contributed by atoms with Crippen molar-refractivity contribution in [2.24, 2.45) is 5.41 Å². The van der Waals surface area contributed by atoms with Crippen LogP contribution in [0, 0.1) is 16.7 Å². The summed E-state index contributed by atoms with van der Waals surface area (Å²) in [4.78, 5) is 2.45. The van der Waals surface area contributed by atoms with E-state index < -0.39 is 0 Å². The molecule has 1 aliphatic rings. The van der Waals surface area contributed by atoms with Crippen LogP contribution >= 0.6 is 0 Å². The average molecular weight is 180 g/mol. The van der Waals surface area contributed by atoms with Crippen LogP contribution < -0.4 is 0 Å². The second kappa shape index (κ2) is 4.11. The summed E-state index contributed by atoms with van der Waals surface area (Å²) in [6.45, 7) is 8.41. The van der Waals surface area contributed by atoms with Gasteiger partial charge in [-0.1, -0.05) is 6.42 Å². The van der Waals surface area contributed by atoms with E-state index in [4.69, 9.17) is 5.26 Å². The molecule has 1 rings (SSSR count). The number of likely N-dealkylation sites (tertiary alicyclic amines) is 1. The quantitative estimate of drug-likeness (QED) is 0.652. The van der Waals surface area contributed by atoms with E-state index in [0.29, 0.717) is 6.04 Å². The SMILES string of the molecule is CC1CCCCN1CC(C)(C)C#N. The predicted octanol–water partition coefficient (Wildman–Crippen LogP) is 2.41. The van der Waals surface area contributed by atoms with E-state index in [0.717, 1.165) is 6.54 Å². The fourth-order valence-corrected chi connectivity index (χ4v) is 1.94. The van der Waals surface area contributed by atoms with Crippen molar-refractivity contribution in [1.29, 1.82) is 5.26 Å². The molecule has 0 aliphatic carbocycles. The highest BCUT2D eigenvalue weighted by Crippen LogP contribution is 2.22. The van der Waals surface area contributed by atoms with Gasteiger partial charge >= 0.3 is 0 Å². The summed E-state index contributed by atoms with van der Waals surface area (Å²) < 4.78 is 0. The molecule has 0 saturated carbocycles. The largest absolute Gasteiger partial charge is 0.299 e. The number of rotatable bonds is 2. The van der Waals surface area contributed by atoms with Crippen molar-refractivity contribution < 1.29 is 0 Å². The Kier molecular flexibility index (Phi) is 3.33. The van der Waals surface area contributed by atoms with Crippen molar-refractivity contribution in [2.45, 2.75) is 46.1 Å². The van der Waals surface area contributed by atoms with Gasteiger partial charge in [-0.3, -0.25) is 4.90 Å². The first-order valence-corrected chi connectivity index (χ1v) is 5.20. The van der Waals surface area contributed by atoms with E-state index in [1.807, 2.05) is 13.8 Å². The van der Waals surface area contributed by atoms with Crippen LogP contribution in [-0.4, -0.2) is 24.0 Å². The molecular weight excluding hydrogens is 160 g/mol. The van der Waals surface area contributed by atoms with Gasteiger partial charge in [0.1, 0.15) is 0 Å². The third-order valence-corrected chi connectivity index (χ3v) is 2.84. The zero-order chi connectivity index (χ0) is 9.90. The first kappa shape index (κ1) is 10.5. The van der Waals surface area contributed by atoms with E-state index in [9.17, 15) is 0 Å². The highest BCUT2D eigenvalue weighted by atomic mass is 15.2. The molecule has 0 amide bonds. The van der Waals surface area contributed by atoms with Gasteiger partial charge in [0.25, 0.3) is 0 Å². The third kappa shape index (κ3) is 3.00. The monoisotopic (exact) mass is 180 g/mol. The molecule has 2 nitrogen and oxygen atoms in total. The molecular formula is C11H20N2. The summed E-state index contributed by atoms with van der Waals surface area (Å²) in [6, 6.07) is 3.04. The fourth-order valence-electron chi connectivity index (χ4n) is 1.94. The minimum atomic E-state index is -0.189. The normalized spacial score (nSPS) is 25.5. The van der Waals surface area contributed by atoms with Crippen LogP contribution in [0.2, 0.25) is 0 Å². The maximum Gasteiger partial charge on any atom is 0.0697 e. The van der Waals surface area contributed by atoms with Crippen molar-refractivity contribution in [1.82, 2.24) is 4.90 Å².